The molecule has 15 heavy (non-hydrogen) atoms. The summed E-state index contributed by atoms with van der Waals surface area (Å²) in [6, 6.07) is 0. The largest absolute Gasteiger partial charge is 0.376 e. The smallest absolute Gasteiger partial charge is 0.0743 e. The first-order valence-electron chi connectivity index (χ1n) is 6.22. The Balaban J connectivity index is 1.97. The van der Waals surface area contributed by atoms with E-state index in [9.17, 15) is 0 Å². The Labute approximate surface area is 93.0 Å². The lowest BCUT2D eigenvalue weighted by Gasteiger charge is -2.43. The maximum absolute atomic E-state index is 5.97. The molecule has 88 valence electrons. The molecule has 2 unspecified atom stereocenters. The van der Waals surface area contributed by atoms with Crippen LogP contribution in [0.4, 0.5) is 0 Å². The third-order valence-corrected chi connectivity index (χ3v) is 4.53. The summed E-state index contributed by atoms with van der Waals surface area (Å²) in [7, 11) is 2.22. The lowest BCUT2D eigenvalue weighted by molar-refractivity contribution is 0.0144. The maximum atomic E-state index is 5.97. The van der Waals surface area contributed by atoms with Gasteiger partial charge in [0.2, 0.25) is 0 Å². The minimum absolute atomic E-state index is 0.107. The fourth-order valence-corrected chi connectivity index (χ4v) is 2.94. The summed E-state index contributed by atoms with van der Waals surface area (Å²) in [6.07, 6.45) is 5.60. The van der Waals surface area contributed by atoms with Crippen molar-refractivity contribution in [3.05, 3.63) is 0 Å². The molecule has 1 saturated carbocycles. The summed E-state index contributed by atoms with van der Waals surface area (Å²) in [4.78, 5) is 2.47. The molecule has 0 radical (unpaired) electrons. The van der Waals surface area contributed by atoms with Gasteiger partial charge in [-0.05, 0) is 39.2 Å². The van der Waals surface area contributed by atoms with Crippen molar-refractivity contribution in [3.63, 3.8) is 0 Å². The van der Waals surface area contributed by atoms with E-state index in [2.05, 4.69) is 18.9 Å². The summed E-state index contributed by atoms with van der Waals surface area (Å²) >= 11 is 0. The Morgan fingerprint density at radius 3 is 2.60 bits per heavy atom. The van der Waals surface area contributed by atoms with E-state index in [1.807, 2.05) is 0 Å². The van der Waals surface area contributed by atoms with Crippen molar-refractivity contribution in [1.29, 1.82) is 0 Å². The van der Waals surface area contributed by atoms with Gasteiger partial charge in [-0.2, -0.15) is 0 Å². The number of likely N-dealkylation sites (N-methyl/N-ethyl adjacent to an activating group) is 1. The molecule has 2 N–H and O–H groups in total. The van der Waals surface area contributed by atoms with Gasteiger partial charge in [0.05, 0.1) is 11.6 Å². The zero-order valence-electron chi connectivity index (χ0n) is 10.0. The van der Waals surface area contributed by atoms with E-state index in [0.29, 0.717) is 0 Å². The first-order valence-corrected chi connectivity index (χ1v) is 6.22. The first-order chi connectivity index (χ1) is 7.19. The van der Waals surface area contributed by atoms with Crippen LogP contribution in [-0.4, -0.2) is 43.3 Å². The number of rotatable bonds is 4. The third kappa shape index (κ3) is 1.93. The highest BCUT2D eigenvalue weighted by atomic mass is 16.5. The Morgan fingerprint density at radius 2 is 2.20 bits per heavy atom. The highest BCUT2D eigenvalue weighted by Crippen LogP contribution is 2.34. The zero-order chi connectivity index (χ0) is 10.9. The van der Waals surface area contributed by atoms with E-state index < -0.39 is 0 Å². The quantitative estimate of drug-likeness (QED) is 0.761. The zero-order valence-corrected chi connectivity index (χ0v) is 10.0. The molecule has 1 heterocycles. The molecule has 2 fully saturated rings. The number of nitrogens with two attached hydrogens (primary N) is 1. The van der Waals surface area contributed by atoms with Crippen LogP contribution in [-0.2, 0) is 4.74 Å². The van der Waals surface area contributed by atoms with Crippen LogP contribution in [0.2, 0.25) is 0 Å². The van der Waals surface area contributed by atoms with Gasteiger partial charge in [0.25, 0.3) is 0 Å². The molecule has 2 aliphatic rings. The lowest BCUT2D eigenvalue weighted by atomic mass is 9.82. The van der Waals surface area contributed by atoms with Crippen molar-refractivity contribution in [2.45, 2.75) is 44.2 Å². The molecule has 2 rings (SSSR count). The Kier molecular flexibility index (Phi) is 3.33. The van der Waals surface area contributed by atoms with E-state index >= 15 is 0 Å². The fourth-order valence-electron chi connectivity index (χ4n) is 2.94. The maximum Gasteiger partial charge on any atom is 0.0743 e. The van der Waals surface area contributed by atoms with Crippen LogP contribution < -0.4 is 5.73 Å². The predicted molar refractivity (Wildman–Crippen MR) is 61.8 cm³/mol. The van der Waals surface area contributed by atoms with Crippen LogP contribution >= 0.6 is 0 Å². The molecule has 0 aromatic heterocycles. The fraction of sp³-hybridized carbons (Fsp3) is 1.00. The molecule has 2 atom stereocenters. The minimum atomic E-state index is 0.107. The van der Waals surface area contributed by atoms with Crippen molar-refractivity contribution in [2.24, 2.45) is 11.7 Å². The highest BCUT2D eigenvalue weighted by Gasteiger charge is 2.44. The Morgan fingerprint density at radius 1 is 1.47 bits per heavy atom. The standard InChI is InChI=1S/C12H24N2O/c1-10-12(9-13,6-7-15-10)14(2)8-11-4-3-5-11/h10-11H,3-9,13H2,1-2H3. The van der Waals surface area contributed by atoms with Crippen molar-refractivity contribution in [1.82, 2.24) is 4.90 Å². The molecule has 0 aromatic rings. The molecule has 1 aliphatic heterocycles. The van der Waals surface area contributed by atoms with Crippen LogP contribution in [0.3, 0.4) is 0 Å². The van der Waals surface area contributed by atoms with Crippen molar-refractivity contribution in [3.8, 4) is 0 Å². The molecule has 0 spiro atoms. The molecular weight excluding hydrogens is 188 g/mol. The van der Waals surface area contributed by atoms with Crippen LogP contribution in [0.5, 0.6) is 0 Å². The average molecular weight is 212 g/mol. The second kappa shape index (κ2) is 4.40. The van der Waals surface area contributed by atoms with Gasteiger partial charge in [-0.3, -0.25) is 4.90 Å². The number of hydrogen-bond donors (Lipinski definition) is 1. The normalized spacial score (nSPS) is 37.2. The minimum Gasteiger partial charge on any atom is -0.376 e. The molecule has 0 amide bonds. The van der Waals surface area contributed by atoms with Gasteiger partial charge in [-0.25, -0.2) is 0 Å². The summed E-state index contributed by atoms with van der Waals surface area (Å²) in [6.45, 7) is 4.95. The van der Waals surface area contributed by atoms with Gasteiger partial charge in [-0.15, -0.1) is 0 Å². The number of hydrogen-bond acceptors (Lipinski definition) is 3. The summed E-state index contributed by atoms with van der Waals surface area (Å²) in [5, 5.41) is 0. The van der Waals surface area contributed by atoms with Crippen LogP contribution in [0.15, 0.2) is 0 Å². The summed E-state index contributed by atoms with van der Waals surface area (Å²) in [5.41, 5.74) is 6.08. The van der Waals surface area contributed by atoms with Crippen molar-refractivity contribution in [2.75, 3.05) is 26.7 Å². The molecule has 1 aliphatic carbocycles. The number of nitrogens with zero attached hydrogens (tertiary/aromatic N) is 1. The monoisotopic (exact) mass is 212 g/mol. The first kappa shape index (κ1) is 11.4. The Hall–Kier alpha value is -0.120. The van der Waals surface area contributed by atoms with Gasteiger partial charge in [-0.1, -0.05) is 6.42 Å². The van der Waals surface area contributed by atoms with Crippen molar-refractivity contribution < 1.29 is 4.74 Å². The van der Waals surface area contributed by atoms with Crippen LogP contribution in [0.1, 0.15) is 32.6 Å². The topological polar surface area (TPSA) is 38.5 Å². The van der Waals surface area contributed by atoms with E-state index in [0.717, 1.165) is 25.5 Å². The van der Waals surface area contributed by atoms with Gasteiger partial charge >= 0.3 is 0 Å². The predicted octanol–water partition coefficient (Wildman–Crippen LogP) is 1.22. The molecule has 0 bridgehead atoms. The Bertz CT molecular complexity index is 218. The van der Waals surface area contributed by atoms with E-state index in [1.54, 1.807) is 0 Å². The second-order valence-corrected chi connectivity index (χ2v) is 5.25. The lowest BCUT2D eigenvalue weighted by Crippen LogP contribution is -2.58. The molecule has 3 nitrogen and oxygen atoms in total. The number of ether oxygens (including phenoxy) is 1. The summed E-state index contributed by atoms with van der Waals surface area (Å²) in [5.74, 6) is 0.909. The average Bonchev–Trinajstić information content (AvgIpc) is 2.54. The van der Waals surface area contributed by atoms with Gasteiger partial charge in [0.1, 0.15) is 0 Å². The molecule has 1 saturated heterocycles. The van der Waals surface area contributed by atoms with Gasteiger partial charge < -0.3 is 10.5 Å². The SMILES string of the molecule is CC1OCCC1(CN)N(C)CC1CCC1. The van der Waals surface area contributed by atoms with Gasteiger partial charge in [0.15, 0.2) is 0 Å². The van der Waals surface area contributed by atoms with E-state index in [4.69, 9.17) is 10.5 Å². The third-order valence-electron chi connectivity index (χ3n) is 4.53. The van der Waals surface area contributed by atoms with Crippen LogP contribution in [0, 0.1) is 5.92 Å². The molecule has 3 heteroatoms. The second-order valence-electron chi connectivity index (χ2n) is 5.25. The van der Waals surface area contributed by atoms with Gasteiger partial charge in [0, 0.05) is 19.7 Å². The molecular formula is C12H24N2O. The molecule has 0 aromatic carbocycles. The van der Waals surface area contributed by atoms with E-state index in [-0.39, 0.29) is 11.6 Å². The highest BCUT2D eigenvalue weighted by molar-refractivity contribution is 5.00. The summed E-state index contributed by atoms with van der Waals surface area (Å²) < 4.78 is 5.69. The van der Waals surface area contributed by atoms with Crippen LogP contribution in [0.25, 0.3) is 0 Å². The van der Waals surface area contributed by atoms with Crippen molar-refractivity contribution >= 4 is 0 Å². The van der Waals surface area contributed by atoms with E-state index in [1.165, 1.54) is 25.8 Å².